The fourth-order valence-electron chi connectivity index (χ4n) is 2.21. The topological polar surface area (TPSA) is 49.3 Å². The monoisotopic (exact) mass is 199 g/mol. The minimum atomic E-state index is 0.137. The van der Waals surface area contributed by atoms with Crippen LogP contribution in [0, 0.1) is 11.3 Å². The molecule has 0 aromatic heterocycles. The van der Waals surface area contributed by atoms with Crippen molar-refractivity contribution in [3.05, 3.63) is 0 Å². The van der Waals surface area contributed by atoms with Gasteiger partial charge in [0.25, 0.3) is 0 Å². The summed E-state index contributed by atoms with van der Waals surface area (Å²) in [5.74, 6) is 0.535. The van der Waals surface area contributed by atoms with Crippen LogP contribution in [0.2, 0.25) is 0 Å². The average Bonchev–Trinajstić information content (AvgIpc) is 2.28. The van der Waals surface area contributed by atoms with Crippen molar-refractivity contribution in [1.82, 2.24) is 5.32 Å². The van der Waals surface area contributed by atoms with Gasteiger partial charge in [0.05, 0.1) is 0 Å². The van der Waals surface area contributed by atoms with E-state index < -0.39 is 0 Å². The molecular formula is C11H21NO2. The number of aliphatic hydroxyl groups is 1. The highest BCUT2D eigenvalue weighted by molar-refractivity contribution is 5.79. The van der Waals surface area contributed by atoms with Gasteiger partial charge in [0.1, 0.15) is 0 Å². The molecule has 2 atom stereocenters. The molecule has 1 aliphatic heterocycles. The number of rotatable bonds is 3. The molecule has 3 nitrogen and oxygen atoms in total. The zero-order chi connectivity index (χ0) is 10.8. The molecule has 3 heteroatoms. The van der Waals surface area contributed by atoms with Gasteiger partial charge in [0, 0.05) is 19.1 Å². The molecule has 14 heavy (non-hydrogen) atoms. The Morgan fingerprint density at radius 2 is 2.14 bits per heavy atom. The Kier molecular flexibility index (Phi) is 3.53. The molecule has 0 aromatic rings. The van der Waals surface area contributed by atoms with Crippen molar-refractivity contribution in [3.8, 4) is 0 Å². The van der Waals surface area contributed by atoms with Crippen LogP contribution in [0.15, 0.2) is 0 Å². The van der Waals surface area contributed by atoms with E-state index >= 15 is 0 Å². The third kappa shape index (κ3) is 3.29. The summed E-state index contributed by atoms with van der Waals surface area (Å²) in [6.45, 7) is 6.72. The first-order chi connectivity index (χ1) is 6.42. The minimum absolute atomic E-state index is 0.137. The fourth-order valence-corrected chi connectivity index (χ4v) is 2.21. The molecule has 0 bridgehead atoms. The Bertz CT molecular complexity index is 208. The quantitative estimate of drug-likeness (QED) is 0.720. The van der Waals surface area contributed by atoms with E-state index in [0.717, 1.165) is 6.42 Å². The van der Waals surface area contributed by atoms with Crippen LogP contribution < -0.4 is 5.32 Å². The molecule has 1 rings (SSSR count). The van der Waals surface area contributed by atoms with Crippen molar-refractivity contribution < 1.29 is 9.90 Å². The maximum Gasteiger partial charge on any atom is 0.220 e. The molecule has 0 aromatic carbocycles. The van der Waals surface area contributed by atoms with E-state index in [0.29, 0.717) is 18.8 Å². The van der Waals surface area contributed by atoms with E-state index in [4.69, 9.17) is 5.11 Å². The molecule has 0 aliphatic carbocycles. The molecular weight excluding hydrogens is 178 g/mol. The van der Waals surface area contributed by atoms with Crippen molar-refractivity contribution in [2.75, 3.05) is 6.61 Å². The highest BCUT2D eigenvalue weighted by Gasteiger charge is 2.34. The zero-order valence-corrected chi connectivity index (χ0v) is 9.34. The molecule has 1 heterocycles. The number of aliphatic hydroxyl groups excluding tert-OH is 1. The van der Waals surface area contributed by atoms with E-state index in [-0.39, 0.29) is 24.0 Å². The smallest absolute Gasteiger partial charge is 0.220 e. The molecule has 0 saturated carbocycles. The molecule has 1 fully saturated rings. The number of carbonyl (C=O) groups excluding carboxylic acids is 1. The van der Waals surface area contributed by atoms with Gasteiger partial charge in [-0.15, -0.1) is 0 Å². The van der Waals surface area contributed by atoms with Crippen molar-refractivity contribution in [1.29, 1.82) is 0 Å². The Labute approximate surface area is 85.9 Å². The lowest BCUT2D eigenvalue weighted by Gasteiger charge is -2.26. The second-order valence-corrected chi connectivity index (χ2v) is 5.42. The van der Waals surface area contributed by atoms with Gasteiger partial charge in [-0.2, -0.15) is 0 Å². The summed E-state index contributed by atoms with van der Waals surface area (Å²) in [5, 5.41) is 11.8. The summed E-state index contributed by atoms with van der Waals surface area (Å²) in [4.78, 5) is 11.2. The summed E-state index contributed by atoms with van der Waals surface area (Å²) >= 11 is 0. The first kappa shape index (κ1) is 11.5. The summed E-state index contributed by atoms with van der Waals surface area (Å²) in [5.41, 5.74) is 0.255. The van der Waals surface area contributed by atoms with E-state index in [1.807, 2.05) is 0 Å². The third-order valence-corrected chi connectivity index (χ3v) is 2.68. The lowest BCUT2D eigenvalue weighted by atomic mass is 9.81. The fraction of sp³-hybridized carbons (Fsp3) is 0.909. The van der Waals surface area contributed by atoms with E-state index in [1.165, 1.54) is 0 Å². The average molecular weight is 199 g/mol. The van der Waals surface area contributed by atoms with Crippen LogP contribution in [0.25, 0.3) is 0 Å². The summed E-state index contributed by atoms with van der Waals surface area (Å²) in [6.07, 6.45) is 2.35. The minimum Gasteiger partial charge on any atom is -0.396 e. The normalized spacial score (nSPS) is 27.9. The van der Waals surface area contributed by atoms with Crippen LogP contribution in [-0.2, 0) is 4.79 Å². The first-order valence-electron chi connectivity index (χ1n) is 5.32. The molecule has 1 amide bonds. The van der Waals surface area contributed by atoms with Gasteiger partial charge in [0.2, 0.25) is 5.91 Å². The molecule has 2 unspecified atom stereocenters. The third-order valence-electron chi connectivity index (χ3n) is 2.68. The first-order valence-corrected chi connectivity index (χ1v) is 5.32. The number of nitrogens with one attached hydrogen (secondary N) is 1. The molecule has 1 saturated heterocycles. The van der Waals surface area contributed by atoms with Crippen molar-refractivity contribution in [2.45, 2.75) is 46.1 Å². The van der Waals surface area contributed by atoms with Gasteiger partial charge < -0.3 is 10.4 Å². The van der Waals surface area contributed by atoms with Crippen LogP contribution >= 0.6 is 0 Å². The summed E-state index contributed by atoms with van der Waals surface area (Å²) in [7, 11) is 0. The lowest BCUT2D eigenvalue weighted by Crippen LogP contribution is -2.31. The second-order valence-electron chi connectivity index (χ2n) is 5.42. The van der Waals surface area contributed by atoms with Crippen LogP contribution in [0.3, 0.4) is 0 Å². The van der Waals surface area contributed by atoms with Crippen LogP contribution in [0.5, 0.6) is 0 Å². The summed E-state index contributed by atoms with van der Waals surface area (Å²) in [6, 6.07) is 0.187. The van der Waals surface area contributed by atoms with Gasteiger partial charge >= 0.3 is 0 Å². The number of carbonyl (C=O) groups is 1. The van der Waals surface area contributed by atoms with Gasteiger partial charge in [0.15, 0.2) is 0 Å². The highest BCUT2D eigenvalue weighted by atomic mass is 16.3. The SMILES string of the molecule is CC(C)(C)CC1CC(=O)NC1CCO. The number of hydrogen-bond donors (Lipinski definition) is 2. The highest BCUT2D eigenvalue weighted by Crippen LogP contribution is 2.32. The van der Waals surface area contributed by atoms with Crippen LogP contribution in [0.1, 0.15) is 40.0 Å². The Balaban J connectivity index is 2.53. The van der Waals surface area contributed by atoms with Gasteiger partial charge in [-0.1, -0.05) is 20.8 Å². The standard InChI is InChI=1S/C11H21NO2/c1-11(2,3)7-8-6-10(14)12-9(8)4-5-13/h8-9,13H,4-7H2,1-3H3,(H,12,14). The maximum absolute atomic E-state index is 11.2. The molecule has 82 valence electrons. The van der Waals surface area contributed by atoms with Gasteiger partial charge in [-0.3, -0.25) is 4.79 Å². The van der Waals surface area contributed by atoms with Gasteiger partial charge in [-0.25, -0.2) is 0 Å². The molecule has 0 spiro atoms. The number of amides is 1. The van der Waals surface area contributed by atoms with E-state index in [1.54, 1.807) is 0 Å². The lowest BCUT2D eigenvalue weighted by molar-refractivity contribution is -0.119. The largest absolute Gasteiger partial charge is 0.396 e. The Hall–Kier alpha value is -0.570. The molecule has 1 aliphatic rings. The van der Waals surface area contributed by atoms with Crippen LogP contribution in [0.4, 0.5) is 0 Å². The zero-order valence-electron chi connectivity index (χ0n) is 9.34. The van der Waals surface area contributed by atoms with Gasteiger partial charge in [-0.05, 0) is 24.2 Å². The predicted molar refractivity (Wildman–Crippen MR) is 55.8 cm³/mol. The molecule has 2 N–H and O–H groups in total. The van der Waals surface area contributed by atoms with E-state index in [9.17, 15) is 4.79 Å². The summed E-state index contributed by atoms with van der Waals surface area (Å²) < 4.78 is 0. The maximum atomic E-state index is 11.2. The van der Waals surface area contributed by atoms with Crippen molar-refractivity contribution in [3.63, 3.8) is 0 Å². The second kappa shape index (κ2) is 4.30. The van der Waals surface area contributed by atoms with Crippen LogP contribution in [-0.4, -0.2) is 23.7 Å². The Morgan fingerprint density at radius 3 is 2.64 bits per heavy atom. The number of hydrogen-bond acceptors (Lipinski definition) is 2. The Morgan fingerprint density at radius 1 is 1.50 bits per heavy atom. The van der Waals surface area contributed by atoms with Crippen molar-refractivity contribution >= 4 is 5.91 Å². The van der Waals surface area contributed by atoms with E-state index in [2.05, 4.69) is 26.1 Å². The predicted octanol–water partition coefficient (Wildman–Crippen LogP) is 1.31. The molecule has 0 radical (unpaired) electrons. The van der Waals surface area contributed by atoms with Crippen molar-refractivity contribution in [2.24, 2.45) is 11.3 Å².